The van der Waals surface area contributed by atoms with Crippen molar-refractivity contribution < 1.29 is 13.2 Å². The van der Waals surface area contributed by atoms with Gasteiger partial charge in [-0.15, -0.1) is 0 Å². The van der Waals surface area contributed by atoms with E-state index in [1.54, 1.807) is 44.1 Å². The molecule has 1 fully saturated rings. The Morgan fingerprint density at radius 3 is 2.62 bits per heavy atom. The Bertz CT molecular complexity index is 1390. The summed E-state index contributed by atoms with van der Waals surface area (Å²) in [5.74, 6) is -0.0211. The van der Waals surface area contributed by atoms with Crippen LogP contribution in [0, 0.1) is 0 Å². The van der Waals surface area contributed by atoms with Crippen molar-refractivity contribution in [3.63, 3.8) is 0 Å². The highest BCUT2D eigenvalue weighted by Gasteiger charge is 2.29. The molecule has 0 radical (unpaired) electrons. The van der Waals surface area contributed by atoms with Crippen LogP contribution in [0.2, 0.25) is 0 Å². The average Bonchev–Trinajstić information content (AvgIpc) is 3.29. The molecular formula is C25H28N4O4S. The van der Waals surface area contributed by atoms with Gasteiger partial charge in [0, 0.05) is 38.3 Å². The van der Waals surface area contributed by atoms with Crippen molar-refractivity contribution in [3.05, 3.63) is 64.7 Å². The van der Waals surface area contributed by atoms with Crippen LogP contribution in [0.25, 0.3) is 10.9 Å². The zero-order valence-electron chi connectivity index (χ0n) is 19.0. The van der Waals surface area contributed by atoms with E-state index in [4.69, 9.17) is 0 Å². The number of para-hydroxylation sites is 1. The van der Waals surface area contributed by atoms with Crippen LogP contribution in [0.5, 0.6) is 0 Å². The molecule has 2 aliphatic rings. The summed E-state index contributed by atoms with van der Waals surface area (Å²) < 4.78 is 29.1. The van der Waals surface area contributed by atoms with Crippen LogP contribution in [-0.2, 0) is 27.8 Å². The molecule has 0 N–H and O–H groups in total. The topological polar surface area (TPSA) is 92.6 Å². The van der Waals surface area contributed by atoms with Gasteiger partial charge in [0.25, 0.3) is 5.56 Å². The highest BCUT2D eigenvalue weighted by atomic mass is 32.2. The van der Waals surface area contributed by atoms with Crippen LogP contribution in [-0.4, -0.2) is 47.8 Å². The van der Waals surface area contributed by atoms with E-state index in [9.17, 15) is 18.0 Å². The molecule has 178 valence electrons. The molecule has 34 heavy (non-hydrogen) atoms. The van der Waals surface area contributed by atoms with E-state index in [1.807, 2.05) is 12.1 Å². The number of piperidine rings is 1. The molecule has 0 unspecified atom stereocenters. The van der Waals surface area contributed by atoms with Crippen LogP contribution >= 0.6 is 0 Å². The van der Waals surface area contributed by atoms with Crippen LogP contribution in [0.15, 0.2) is 58.5 Å². The van der Waals surface area contributed by atoms with Crippen molar-refractivity contribution in [1.82, 2.24) is 13.9 Å². The van der Waals surface area contributed by atoms with Gasteiger partial charge in [0.1, 0.15) is 0 Å². The molecule has 0 bridgehead atoms. The normalized spacial score (nSPS) is 16.6. The molecule has 2 aromatic carbocycles. The second-order valence-corrected chi connectivity index (χ2v) is 10.9. The van der Waals surface area contributed by atoms with E-state index < -0.39 is 10.0 Å². The molecule has 2 aliphatic heterocycles. The minimum Gasteiger partial charge on any atom is -0.312 e. The van der Waals surface area contributed by atoms with Crippen LogP contribution in [0.1, 0.15) is 37.7 Å². The lowest BCUT2D eigenvalue weighted by atomic mass is 10.2. The summed E-state index contributed by atoms with van der Waals surface area (Å²) in [6, 6.07) is 12.3. The number of carbonyl (C=O) groups is 1. The Morgan fingerprint density at radius 2 is 1.79 bits per heavy atom. The maximum absolute atomic E-state index is 13.0. The van der Waals surface area contributed by atoms with Gasteiger partial charge in [-0.3, -0.25) is 14.2 Å². The summed E-state index contributed by atoms with van der Waals surface area (Å²) >= 11 is 0. The fourth-order valence-electron chi connectivity index (χ4n) is 4.85. The lowest BCUT2D eigenvalue weighted by molar-refractivity contribution is -0.118. The van der Waals surface area contributed by atoms with Gasteiger partial charge in [0.05, 0.1) is 22.1 Å². The van der Waals surface area contributed by atoms with E-state index >= 15 is 0 Å². The standard InChI is InChI=1S/C25H28N4O4S/c30-24(9-6-13-27-18-26-22-8-3-2-7-21(22)25(27)31)29-16-12-19-17-20(10-11-23(19)29)34(32,33)28-14-4-1-5-15-28/h2-3,7-8,10-11,17-18H,1,4-6,9,12-16H2. The molecule has 0 saturated carbocycles. The number of amides is 1. The Kier molecular flexibility index (Phi) is 6.22. The molecule has 3 aromatic rings. The van der Waals surface area contributed by atoms with E-state index in [0.29, 0.717) is 61.2 Å². The SMILES string of the molecule is O=C(CCCn1cnc2ccccc2c1=O)N1CCc2cc(S(=O)(=O)N3CCCCC3)ccc21. The number of fused-ring (bicyclic) bond motifs is 2. The molecular weight excluding hydrogens is 452 g/mol. The molecule has 0 atom stereocenters. The number of anilines is 1. The van der Waals surface area contributed by atoms with Crippen molar-refractivity contribution in [3.8, 4) is 0 Å². The Balaban J connectivity index is 1.25. The quantitative estimate of drug-likeness (QED) is 0.541. The first-order chi connectivity index (χ1) is 16.4. The van der Waals surface area contributed by atoms with Gasteiger partial charge >= 0.3 is 0 Å². The summed E-state index contributed by atoms with van der Waals surface area (Å²) in [6.07, 6.45) is 5.85. The van der Waals surface area contributed by atoms with Gasteiger partial charge in [0.2, 0.25) is 15.9 Å². The monoisotopic (exact) mass is 480 g/mol. The van der Waals surface area contributed by atoms with E-state index in [2.05, 4.69) is 4.98 Å². The number of aromatic nitrogens is 2. The van der Waals surface area contributed by atoms with Gasteiger partial charge in [-0.2, -0.15) is 4.31 Å². The second-order valence-electron chi connectivity index (χ2n) is 8.91. The Morgan fingerprint density at radius 1 is 1.00 bits per heavy atom. The van der Waals surface area contributed by atoms with Crippen molar-refractivity contribution in [2.24, 2.45) is 0 Å². The van der Waals surface area contributed by atoms with Crippen LogP contribution < -0.4 is 10.5 Å². The van der Waals surface area contributed by atoms with E-state index in [0.717, 1.165) is 30.5 Å². The van der Waals surface area contributed by atoms with E-state index in [1.165, 1.54) is 6.33 Å². The third-order valence-electron chi connectivity index (χ3n) is 6.72. The number of aryl methyl sites for hydroxylation is 1. The molecule has 0 spiro atoms. The van der Waals surface area contributed by atoms with Gasteiger partial charge in [-0.1, -0.05) is 18.6 Å². The molecule has 1 amide bonds. The fourth-order valence-corrected chi connectivity index (χ4v) is 6.42. The second kappa shape index (κ2) is 9.31. The summed E-state index contributed by atoms with van der Waals surface area (Å²) in [7, 11) is -3.49. The van der Waals surface area contributed by atoms with Crippen LogP contribution in [0.4, 0.5) is 5.69 Å². The summed E-state index contributed by atoms with van der Waals surface area (Å²) in [5.41, 5.74) is 2.23. The van der Waals surface area contributed by atoms with Crippen LogP contribution in [0.3, 0.4) is 0 Å². The predicted octanol–water partition coefficient (Wildman–Crippen LogP) is 2.94. The Hall–Kier alpha value is -3.04. The zero-order valence-corrected chi connectivity index (χ0v) is 19.8. The summed E-state index contributed by atoms with van der Waals surface area (Å²) in [6.45, 7) is 2.09. The summed E-state index contributed by atoms with van der Waals surface area (Å²) in [4.78, 5) is 31.9. The zero-order chi connectivity index (χ0) is 23.7. The first kappa shape index (κ1) is 22.7. The molecule has 1 aromatic heterocycles. The molecule has 0 aliphatic carbocycles. The summed E-state index contributed by atoms with van der Waals surface area (Å²) in [5, 5.41) is 0.570. The lowest BCUT2D eigenvalue weighted by Gasteiger charge is -2.26. The maximum Gasteiger partial charge on any atom is 0.261 e. The average molecular weight is 481 g/mol. The molecule has 5 rings (SSSR count). The smallest absolute Gasteiger partial charge is 0.261 e. The number of hydrogen-bond acceptors (Lipinski definition) is 5. The molecule has 9 heteroatoms. The number of carbonyl (C=O) groups excluding carboxylic acids is 1. The highest BCUT2D eigenvalue weighted by Crippen LogP contribution is 2.32. The molecule has 8 nitrogen and oxygen atoms in total. The first-order valence-electron chi connectivity index (χ1n) is 11.8. The largest absolute Gasteiger partial charge is 0.312 e. The van der Waals surface area contributed by atoms with Crippen molar-refractivity contribution in [2.45, 2.75) is 50.0 Å². The maximum atomic E-state index is 13.0. The van der Waals surface area contributed by atoms with Crippen molar-refractivity contribution in [2.75, 3.05) is 24.5 Å². The predicted molar refractivity (Wildman–Crippen MR) is 130 cm³/mol. The first-order valence-corrected chi connectivity index (χ1v) is 13.3. The van der Waals surface area contributed by atoms with Gasteiger partial charge in [0.15, 0.2) is 0 Å². The minimum atomic E-state index is -3.49. The number of nitrogens with zero attached hydrogens (tertiary/aromatic N) is 4. The van der Waals surface area contributed by atoms with Crippen molar-refractivity contribution in [1.29, 1.82) is 0 Å². The molecule has 3 heterocycles. The van der Waals surface area contributed by atoms with E-state index in [-0.39, 0.29) is 11.5 Å². The number of benzene rings is 2. The number of hydrogen-bond donors (Lipinski definition) is 0. The van der Waals surface area contributed by atoms with Crippen molar-refractivity contribution >= 4 is 32.5 Å². The third kappa shape index (κ3) is 4.25. The third-order valence-corrected chi connectivity index (χ3v) is 8.62. The van der Waals surface area contributed by atoms with Gasteiger partial charge in [-0.05, 0) is 61.6 Å². The number of sulfonamides is 1. The van der Waals surface area contributed by atoms with Gasteiger partial charge < -0.3 is 4.90 Å². The minimum absolute atomic E-state index is 0.0211. The van der Waals surface area contributed by atoms with Gasteiger partial charge in [-0.25, -0.2) is 13.4 Å². The lowest BCUT2D eigenvalue weighted by Crippen LogP contribution is -2.35. The number of rotatable bonds is 6. The molecule has 1 saturated heterocycles. The Labute approximate surface area is 198 Å². The highest BCUT2D eigenvalue weighted by molar-refractivity contribution is 7.89. The fraction of sp³-hybridized carbons (Fsp3) is 0.400.